The number of aliphatic hydroxyl groups is 1. The molecule has 91 heavy (non-hydrogen) atoms. The van der Waals surface area contributed by atoms with Crippen LogP contribution in [0.3, 0.4) is 0 Å². The van der Waals surface area contributed by atoms with E-state index >= 15 is 0 Å². The Morgan fingerprint density at radius 2 is 0.681 bits per heavy atom. The van der Waals surface area contributed by atoms with Gasteiger partial charge in [-0.25, -0.2) is 39.5 Å². The number of nitrogens with two attached hydrogens (primary N) is 3. The first kappa shape index (κ1) is 70.6. The van der Waals surface area contributed by atoms with Crippen LogP contribution in [0, 0.1) is 87.9 Å². The molecule has 25 heteroatoms. The first-order chi connectivity index (χ1) is 42.9. The van der Waals surface area contributed by atoms with Crippen molar-refractivity contribution in [2.24, 2.45) is 52.7 Å². The van der Waals surface area contributed by atoms with E-state index in [4.69, 9.17) is 17.2 Å². The summed E-state index contributed by atoms with van der Waals surface area (Å²) in [5.41, 5.74) is 19.1. The Hall–Kier alpha value is -6.31. The highest BCUT2D eigenvalue weighted by molar-refractivity contribution is 5.91. The molecule has 7 fully saturated rings. The molecule has 16 nitrogen and oxygen atoms in total. The lowest BCUT2D eigenvalue weighted by Gasteiger charge is -2.42. The normalized spacial score (nSPS) is 25.9. The van der Waals surface area contributed by atoms with Crippen LogP contribution in [0.25, 0.3) is 0 Å². The van der Waals surface area contributed by atoms with E-state index in [1.807, 2.05) is 9.80 Å². The second kappa shape index (κ2) is 30.2. The zero-order chi connectivity index (χ0) is 66.6. The second-order valence-corrected chi connectivity index (χ2v) is 27.1. The van der Waals surface area contributed by atoms with E-state index in [0.717, 1.165) is 69.6 Å². The van der Waals surface area contributed by atoms with Crippen molar-refractivity contribution in [3.05, 3.63) is 105 Å². The average Bonchev–Trinajstić information content (AvgIpc) is 1.71. The van der Waals surface area contributed by atoms with Gasteiger partial charge in [-0.1, -0.05) is 27.7 Å². The number of nitrogens with zero attached hydrogens (tertiary/aromatic N) is 3. The molecule has 6 aliphatic heterocycles. The third-order valence-corrected chi connectivity index (χ3v) is 19.8. The third kappa shape index (κ3) is 16.9. The third-order valence-electron chi connectivity index (χ3n) is 19.8. The van der Waals surface area contributed by atoms with Crippen molar-refractivity contribution in [1.29, 1.82) is 0 Å². The Labute approximate surface area is 525 Å². The highest BCUT2D eigenvalue weighted by Crippen LogP contribution is 2.44. The molecule has 3 aromatic rings. The van der Waals surface area contributed by atoms with Crippen molar-refractivity contribution >= 4 is 35.4 Å². The van der Waals surface area contributed by atoms with E-state index in [0.29, 0.717) is 56.7 Å². The number of nitrogens with one attached hydrogen (secondary N) is 3. The fourth-order valence-corrected chi connectivity index (χ4v) is 14.5. The zero-order valence-electron chi connectivity index (χ0n) is 52.5. The molecule has 6 bridgehead atoms. The van der Waals surface area contributed by atoms with Gasteiger partial charge in [-0.05, 0) is 176 Å². The summed E-state index contributed by atoms with van der Waals surface area (Å²) in [6, 6.07) is 0.799. The van der Waals surface area contributed by atoms with Crippen molar-refractivity contribution in [3.8, 4) is 0 Å². The predicted octanol–water partition coefficient (Wildman–Crippen LogP) is 7.44. The zero-order valence-corrected chi connectivity index (χ0v) is 52.5. The van der Waals surface area contributed by atoms with Crippen molar-refractivity contribution in [3.63, 3.8) is 0 Å². The van der Waals surface area contributed by atoms with Crippen LogP contribution in [0.4, 0.5) is 39.5 Å². The van der Waals surface area contributed by atoms with Gasteiger partial charge in [-0.2, -0.15) is 0 Å². The fraction of sp³-hybridized carbons (Fsp3) is 0.636. The molecular weight excluding hydrogens is 1200 g/mol. The highest BCUT2D eigenvalue weighted by atomic mass is 19.2. The Morgan fingerprint density at radius 1 is 0.418 bits per heavy atom. The van der Waals surface area contributed by atoms with Crippen LogP contribution in [0.5, 0.6) is 0 Å². The molecule has 502 valence electrons. The molecule has 0 aromatic heterocycles. The summed E-state index contributed by atoms with van der Waals surface area (Å²) < 4.78 is 122. The number of hydrogen-bond donors (Lipinski definition) is 7. The van der Waals surface area contributed by atoms with Gasteiger partial charge < -0.3 is 53.0 Å². The van der Waals surface area contributed by atoms with E-state index < -0.39 is 95.2 Å². The molecule has 6 saturated heterocycles. The molecule has 10 N–H and O–H groups in total. The molecule has 0 radical (unpaired) electrons. The minimum atomic E-state index is -1.23. The Balaban J connectivity index is 0.000000176. The maximum Gasteiger partial charge on any atom is 0.248 e. The van der Waals surface area contributed by atoms with Crippen LogP contribution >= 0.6 is 0 Å². The number of hydrogen-bond acceptors (Lipinski definition) is 10. The number of amides is 6. The summed E-state index contributed by atoms with van der Waals surface area (Å²) in [5.74, 6) is -10.6. The molecular formula is C66H88F9N9O7. The van der Waals surface area contributed by atoms with Gasteiger partial charge >= 0.3 is 0 Å². The maximum atomic E-state index is 14.0. The first-order valence-electron chi connectivity index (χ1n) is 32.1. The first-order valence-corrected chi connectivity index (χ1v) is 32.1. The number of piperidine rings is 3. The minimum Gasteiger partial charge on any atom is -0.394 e. The van der Waals surface area contributed by atoms with Gasteiger partial charge in [0.05, 0.1) is 6.61 Å². The van der Waals surface area contributed by atoms with Gasteiger partial charge in [0.25, 0.3) is 0 Å². The van der Waals surface area contributed by atoms with E-state index in [1.165, 1.54) is 0 Å². The fourth-order valence-electron chi connectivity index (χ4n) is 14.5. The number of aliphatic hydroxyl groups excluding tert-OH is 1. The quantitative estimate of drug-likeness (QED) is 0.0462. The number of halogens is 9. The summed E-state index contributed by atoms with van der Waals surface area (Å²) in [5, 5.41) is 17.9. The second-order valence-electron chi connectivity index (χ2n) is 27.1. The molecule has 7 aliphatic rings. The predicted molar refractivity (Wildman–Crippen MR) is 320 cm³/mol. The highest BCUT2D eigenvalue weighted by Gasteiger charge is 2.49. The molecule has 10 rings (SSSR count). The number of fused-ring (bicyclic) bond motifs is 6. The topological polar surface area (TPSA) is 247 Å². The van der Waals surface area contributed by atoms with Crippen LogP contribution in [0.1, 0.15) is 148 Å². The van der Waals surface area contributed by atoms with E-state index in [1.54, 1.807) is 46.4 Å². The Bertz CT molecular complexity index is 2970. The van der Waals surface area contributed by atoms with Crippen LogP contribution in [0.15, 0.2) is 36.4 Å². The summed E-state index contributed by atoms with van der Waals surface area (Å²) in [4.78, 5) is 80.4. The summed E-state index contributed by atoms with van der Waals surface area (Å²) >= 11 is 0. The van der Waals surface area contributed by atoms with Crippen molar-refractivity contribution in [2.45, 2.75) is 223 Å². The van der Waals surface area contributed by atoms with E-state index in [9.17, 15) is 73.4 Å². The molecule has 3 unspecified atom stereocenters. The number of carbonyl (C=O) groups is 6. The monoisotopic (exact) mass is 1290 g/mol. The van der Waals surface area contributed by atoms with Crippen molar-refractivity contribution < 1.29 is 73.4 Å². The van der Waals surface area contributed by atoms with E-state index in [2.05, 4.69) is 16.0 Å². The van der Waals surface area contributed by atoms with Gasteiger partial charge in [0, 0.05) is 90.3 Å². The number of rotatable bonds is 19. The Morgan fingerprint density at radius 3 is 0.934 bits per heavy atom. The molecule has 1 saturated carbocycles. The van der Waals surface area contributed by atoms with Crippen LogP contribution in [0.2, 0.25) is 0 Å². The lowest BCUT2D eigenvalue weighted by molar-refractivity contribution is -0.142. The molecule has 15 atom stereocenters. The van der Waals surface area contributed by atoms with Crippen molar-refractivity contribution in [2.75, 3.05) is 6.61 Å². The molecule has 3 aromatic carbocycles. The van der Waals surface area contributed by atoms with Gasteiger partial charge in [0.2, 0.25) is 35.4 Å². The maximum absolute atomic E-state index is 14.0. The van der Waals surface area contributed by atoms with Gasteiger partial charge in [-0.15, -0.1) is 0 Å². The SMILES string of the molecule is CC(C)C(=O)N[C@@H](C)C(=O)N1[C@@H]2CC[C@H]1CC([C@H](N)Cc1cc(F)c(F)cc1F)C2.CC(C)C(=O)N[C@H](C)C(=O)N1[C@@H]2CC[C@H]1CC([C@H](N)Cc1cc(F)c(F)cc1F)C2.N[C@H](Cc1cc(F)c(F)cc1F)C1C[C@H]2CC[C@@H](C1)N2C(=O)[C@H](CO)NC(=O)C1CC1. The molecule has 6 heterocycles. The lowest BCUT2D eigenvalue weighted by Crippen LogP contribution is -2.57. The molecule has 0 spiro atoms. The number of benzene rings is 3. The van der Waals surface area contributed by atoms with Crippen molar-refractivity contribution in [1.82, 2.24) is 30.7 Å². The van der Waals surface area contributed by atoms with Gasteiger partial charge in [0.1, 0.15) is 35.6 Å². The summed E-state index contributed by atoms with van der Waals surface area (Å²) in [7, 11) is 0. The average molecular weight is 1290 g/mol. The number of carbonyl (C=O) groups excluding carboxylic acids is 6. The van der Waals surface area contributed by atoms with Crippen LogP contribution in [-0.2, 0) is 48.0 Å². The standard InChI is InChI=1S/C22H28F3N3O3.2C22H30F3N3O2/c23-16-9-18(25)17(24)7-12(16)8-19(26)13-5-14-3-4-15(6-13)28(14)22(31)20(10-29)27-21(30)11-1-2-11;2*1-11(2)21(29)27-12(3)22(30)28-15-4-5-16(28)7-14(6-15)20(26)9-13-8-18(24)19(25)10-17(13)23/h7,9,11,13-15,19-20,29H,1-6,8,10,26H2,(H,27,30);2*8,10-12,14-16,20H,4-7,9,26H2,1-3H3,(H,27,29)/t13?,14-,15+,19-,20+;12-,14?,15-,16+,20+;12-,14?,15-,16+,20-/m101/s1. The lowest BCUT2D eigenvalue weighted by atomic mass is 9.82. The van der Waals surface area contributed by atoms with E-state index in [-0.39, 0.29) is 143 Å². The molecule has 1 aliphatic carbocycles. The van der Waals surface area contributed by atoms with Gasteiger partial charge in [-0.3, -0.25) is 28.8 Å². The summed E-state index contributed by atoms with van der Waals surface area (Å²) in [6.45, 7) is 10.1. The molecule has 6 amide bonds. The smallest absolute Gasteiger partial charge is 0.248 e. The Kier molecular flexibility index (Phi) is 23.4. The largest absolute Gasteiger partial charge is 0.394 e. The minimum absolute atomic E-state index is 0.00250. The van der Waals surface area contributed by atoms with Crippen LogP contribution < -0.4 is 33.2 Å². The van der Waals surface area contributed by atoms with Crippen LogP contribution in [-0.4, -0.2) is 134 Å². The van der Waals surface area contributed by atoms with Gasteiger partial charge in [0.15, 0.2) is 34.9 Å². The summed E-state index contributed by atoms with van der Waals surface area (Å²) in [6.07, 6.45) is 10.9.